The van der Waals surface area contributed by atoms with Crippen LogP contribution in [0.15, 0.2) is 24.3 Å². The predicted molar refractivity (Wildman–Crippen MR) is 67.1 cm³/mol. The Morgan fingerprint density at radius 1 is 1.47 bits per heavy atom. The number of nitrogens with one attached hydrogen (secondary N) is 1. The van der Waals surface area contributed by atoms with E-state index in [4.69, 9.17) is 21.8 Å². The average molecular weight is 288 g/mol. The van der Waals surface area contributed by atoms with Crippen LogP contribution in [0.4, 0.5) is 4.39 Å². The molecule has 5 nitrogen and oxygen atoms in total. The molecule has 102 valence electrons. The van der Waals surface area contributed by atoms with E-state index in [9.17, 15) is 14.0 Å². The molecular formula is C12H11ClFNO4. The third-order valence-electron chi connectivity index (χ3n) is 2.17. The van der Waals surface area contributed by atoms with Crippen LogP contribution in [-0.4, -0.2) is 34.7 Å². The quantitative estimate of drug-likeness (QED) is 0.707. The van der Waals surface area contributed by atoms with Gasteiger partial charge in [0.1, 0.15) is 5.82 Å². The van der Waals surface area contributed by atoms with E-state index in [1.165, 1.54) is 18.2 Å². The number of carboxylic acid groups (broad SMARTS) is 1. The number of aliphatic hydroxyl groups excluding tert-OH is 1. The third-order valence-corrected chi connectivity index (χ3v) is 2.46. The molecule has 0 aliphatic rings. The van der Waals surface area contributed by atoms with Crippen molar-refractivity contribution in [2.45, 2.75) is 6.04 Å². The molecule has 1 amide bonds. The van der Waals surface area contributed by atoms with Crippen LogP contribution in [-0.2, 0) is 9.59 Å². The van der Waals surface area contributed by atoms with Gasteiger partial charge >= 0.3 is 5.97 Å². The van der Waals surface area contributed by atoms with Gasteiger partial charge in [-0.05, 0) is 23.8 Å². The number of aliphatic carboxylic acids is 1. The highest BCUT2D eigenvalue weighted by Crippen LogP contribution is 2.16. The lowest BCUT2D eigenvalue weighted by molar-refractivity contribution is -0.142. The summed E-state index contributed by atoms with van der Waals surface area (Å²) in [5.74, 6) is -2.61. The number of aliphatic hydroxyl groups is 1. The minimum atomic E-state index is -1.37. The Morgan fingerprint density at radius 3 is 2.68 bits per heavy atom. The first-order valence-electron chi connectivity index (χ1n) is 5.21. The van der Waals surface area contributed by atoms with Gasteiger partial charge in [0.15, 0.2) is 6.04 Å². The predicted octanol–water partition coefficient (Wildman–Crippen LogP) is 1.05. The zero-order chi connectivity index (χ0) is 14.4. The molecule has 0 aliphatic heterocycles. The van der Waals surface area contributed by atoms with Gasteiger partial charge in [0.05, 0.1) is 11.6 Å². The van der Waals surface area contributed by atoms with Crippen molar-refractivity contribution < 1.29 is 24.2 Å². The van der Waals surface area contributed by atoms with Crippen LogP contribution in [0.3, 0.4) is 0 Å². The molecule has 0 radical (unpaired) electrons. The third kappa shape index (κ3) is 4.69. The Balaban J connectivity index is 2.68. The Labute approximate surface area is 113 Å². The lowest BCUT2D eigenvalue weighted by Gasteiger charge is -2.09. The van der Waals surface area contributed by atoms with E-state index in [0.717, 1.165) is 12.1 Å². The fourth-order valence-corrected chi connectivity index (χ4v) is 1.38. The van der Waals surface area contributed by atoms with Crippen LogP contribution in [0.2, 0.25) is 5.02 Å². The number of carboxylic acids is 1. The molecule has 0 aromatic heterocycles. The van der Waals surface area contributed by atoms with E-state index in [1.807, 2.05) is 0 Å². The molecule has 0 spiro atoms. The summed E-state index contributed by atoms with van der Waals surface area (Å²) in [6.07, 6.45) is 2.41. The summed E-state index contributed by atoms with van der Waals surface area (Å²) < 4.78 is 12.9. The van der Waals surface area contributed by atoms with E-state index in [2.05, 4.69) is 5.32 Å². The molecule has 7 heteroatoms. The number of hydrogen-bond donors (Lipinski definition) is 3. The van der Waals surface area contributed by atoms with E-state index in [0.29, 0.717) is 5.56 Å². The van der Waals surface area contributed by atoms with Gasteiger partial charge in [-0.2, -0.15) is 0 Å². The number of carbonyl (C=O) groups is 2. The van der Waals surface area contributed by atoms with Crippen LogP contribution in [0.25, 0.3) is 6.08 Å². The minimum Gasteiger partial charge on any atom is -0.480 e. The smallest absolute Gasteiger partial charge is 0.328 e. The van der Waals surface area contributed by atoms with Crippen LogP contribution in [0.5, 0.6) is 0 Å². The molecule has 0 aliphatic carbocycles. The van der Waals surface area contributed by atoms with E-state index in [1.54, 1.807) is 0 Å². The molecule has 19 heavy (non-hydrogen) atoms. The van der Waals surface area contributed by atoms with E-state index < -0.39 is 30.3 Å². The van der Waals surface area contributed by atoms with Crippen molar-refractivity contribution in [1.82, 2.24) is 5.32 Å². The van der Waals surface area contributed by atoms with Gasteiger partial charge in [0.2, 0.25) is 5.91 Å². The van der Waals surface area contributed by atoms with Crippen molar-refractivity contribution in [3.63, 3.8) is 0 Å². The van der Waals surface area contributed by atoms with Crippen molar-refractivity contribution in [1.29, 1.82) is 0 Å². The Hall–Kier alpha value is -1.92. The van der Waals surface area contributed by atoms with Gasteiger partial charge in [0.25, 0.3) is 0 Å². The first kappa shape index (κ1) is 15.1. The zero-order valence-corrected chi connectivity index (χ0v) is 10.4. The maximum atomic E-state index is 12.9. The summed E-state index contributed by atoms with van der Waals surface area (Å²) in [5.41, 5.74) is 0.484. The molecule has 1 aromatic rings. The van der Waals surface area contributed by atoms with Gasteiger partial charge in [-0.1, -0.05) is 17.7 Å². The Morgan fingerprint density at radius 2 is 2.16 bits per heavy atom. The fourth-order valence-electron chi connectivity index (χ4n) is 1.19. The van der Waals surface area contributed by atoms with Crippen molar-refractivity contribution in [2.24, 2.45) is 0 Å². The number of carbonyl (C=O) groups excluding carboxylic acids is 1. The number of benzene rings is 1. The molecule has 0 unspecified atom stereocenters. The number of rotatable bonds is 5. The van der Waals surface area contributed by atoms with Gasteiger partial charge in [0, 0.05) is 6.08 Å². The number of halogens is 2. The lowest BCUT2D eigenvalue weighted by atomic mass is 10.2. The summed E-state index contributed by atoms with van der Waals surface area (Å²) in [4.78, 5) is 21.9. The number of amides is 1. The lowest BCUT2D eigenvalue weighted by Crippen LogP contribution is -2.42. The molecule has 0 heterocycles. The second-order valence-corrected chi connectivity index (χ2v) is 4.00. The molecule has 0 saturated carbocycles. The molecule has 0 saturated heterocycles. The average Bonchev–Trinajstić information content (AvgIpc) is 2.37. The molecule has 0 bridgehead atoms. The summed E-state index contributed by atoms with van der Waals surface area (Å²) in [7, 11) is 0. The SMILES string of the molecule is O=C(/C=C/c1ccc(F)c(Cl)c1)N[C@@H](CO)C(=O)O. The number of hydrogen-bond acceptors (Lipinski definition) is 3. The van der Waals surface area contributed by atoms with Crippen molar-refractivity contribution >= 4 is 29.6 Å². The Bertz CT molecular complexity index is 518. The largest absolute Gasteiger partial charge is 0.480 e. The molecular weight excluding hydrogens is 277 g/mol. The first-order chi connectivity index (χ1) is 8.93. The highest BCUT2D eigenvalue weighted by atomic mass is 35.5. The van der Waals surface area contributed by atoms with Crippen LogP contribution in [0.1, 0.15) is 5.56 Å². The van der Waals surface area contributed by atoms with Crippen molar-refractivity contribution in [3.8, 4) is 0 Å². The van der Waals surface area contributed by atoms with Crippen LogP contribution < -0.4 is 5.32 Å². The monoisotopic (exact) mass is 287 g/mol. The van der Waals surface area contributed by atoms with Crippen LogP contribution >= 0.6 is 11.6 Å². The van der Waals surface area contributed by atoms with Crippen molar-refractivity contribution in [2.75, 3.05) is 6.61 Å². The highest BCUT2D eigenvalue weighted by molar-refractivity contribution is 6.30. The second kappa shape index (κ2) is 6.86. The van der Waals surface area contributed by atoms with Crippen LogP contribution in [0, 0.1) is 5.82 Å². The summed E-state index contributed by atoms with van der Waals surface area (Å²) in [6.45, 7) is -0.711. The normalized spacial score (nSPS) is 12.4. The fraction of sp³-hybridized carbons (Fsp3) is 0.167. The molecule has 1 aromatic carbocycles. The zero-order valence-electron chi connectivity index (χ0n) is 9.64. The Kier molecular flexibility index (Phi) is 5.47. The summed E-state index contributed by atoms with van der Waals surface area (Å²) in [6, 6.07) is 2.51. The second-order valence-electron chi connectivity index (χ2n) is 3.59. The molecule has 1 atom stereocenters. The van der Waals surface area contributed by atoms with E-state index in [-0.39, 0.29) is 5.02 Å². The molecule has 3 N–H and O–H groups in total. The van der Waals surface area contributed by atoms with E-state index >= 15 is 0 Å². The summed E-state index contributed by atoms with van der Waals surface area (Å²) >= 11 is 5.56. The van der Waals surface area contributed by atoms with Gasteiger partial charge < -0.3 is 15.5 Å². The molecule has 0 fully saturated rings. The topological polar surface area (TPSA) is 86.6 Å². The maximum Gasteiger partial charge on any atom is 0.328 e. The minimum absolute atomic E-state index is 0.0821. The van der Waals surface area contributed by atoms with Gasteiger partial charge in [-0.3, -0.25) is 4.79 Å². The van der Waals surface area contributed by atoms with Crippen molar-refractivity contribution in [3.05, 3.63) is 40.7 Å². The molecule has 1 rings (SSSR count). The maximum absolute atomic E-state index is 12.9. The standard InChI is InChI=1S/C12H11ClFNO4/c13-8-5-7(1-3-9(8)14)2-4-11(17)15-10(6-16)12(18)19/h1-5,10,16H,6H2,(H,15,17)(H,18,19)/b4-2+/t10-/m0/s1. The summed E-state index contributed by atoms with van der Waals surface area (Å²) in [5, 5.41) is 19.3. The first-order valence-corrected chi connectivity index (χ1v) is 5.59. The van der Waals surface area contributed by atoms with Gasteiger partial charge in [-0.15, -0.1) is 0 Å². The highest BCUT2D eigenvalue weighted by Gasteiger charge is 2.16. The van der Waals surface area contributed by atoms with Gasteiger partial charge in [-0.25, -0.2) is 9.18 Å².